The molecular formula is C13H9Cl2N5. The van der Waals surface area contributed by atoms with Gasteiger partial charge in [-0.05, 0) is 25.1 Å². The lowest BCUT2D eigenvalue weighted by atomic mass is 10.1. The Balaban J connectivity index is 2.12. The second-order valence-corrected chi connectivity index (χ2v) is 5.45. The number of fused-ring (bicyclic) bond motifs is 5. The van der Waals surface area contributed by atoms with Crippen molar-refractivity contribution in [3.05, 3.63) is 46.2 Å². The highest BCUT2D eigenvalue weighted by Crippen LogP contribution is 2.34. The molecule has 7 heteroatoms. The third-order valence-corrected chi connectivity index (χ3v) is 3.90. The van der Waals surface area contributed by atoms with Gasteiger partial charge >= 0.3 is 0 Å². The van der Waals surface area contributed by atoms with E-state index in [0.29, 0.717) is 16.7 Å². The molecule has 0 amide bonds. The molecular weight excluding hydrogens is 297 g/mol. The van der Waals surface area contributed by atoms with Crippen LogP contribution in [0.1, 0.15) is 11.5 Å². The summed E-state index contributed by atoms with van der Waals surface area (Å²) in [5, 5.41) is 5.56. The van der Waals surface area contributed by atoms with Crippen molar-refractivity contribution in [1.82, 2.24) is 24.3 Å². The van der Waals surface area contributed by atoms with E-state index < -0.39 is 0 Å². The highest BCUT2D eigenvalue weighted by molar-refractivity contribution is 6.31. The SMILES string of the molecule is Cc1nc2n(n1)Cc1c(Cl)ncn1-c1ccc(Cl)cc1-2. The molecule has 1 aromatic carbocycles. The molecule has 0 saturated carbocycles. The molecule has 0 spiro atoms. The van der Waals surface area contributed by atoms with Gasteiger partial charge in [0.15, 0.2) is 11.0 Å². The van der Waals surface area contributed by atoms with Crippen molar-refractivity contribution in [3.8, 4) is 17.1 Å². The summed E-state index contributed by atoms with van der Waals surface area (Å²) >= 11 is 12.3. The van der Waals surface area contributed by atoms with E-state index in [4.69, 9.17) is 23.2 Å². The van der Waals surface area contributed by atoms with Crippen LogP contribution < -0.4 is 0 Å². The number of imidazole rings is 1. The van der Waals surface area contributed by atoms with Gasteiger partial charge in [0.2, 0.25) is 0 Å². The number of halogens is 2. The third-order valence-electron chi connectivity index (χ3n) is 3.35. The summed E-state index contributed by atoms with van der Waals surface area (Å²) in [6, 6.07) is 5.68. The number of hydrogen-bond donors (Lipinski definition) is 0. The van der Waals surface area contributed by atoms with E-state index >= 15 is 0 Å². The van der Waals surface area contributed by atoms with Crippen molar-refractivity contribution in [3.63, 3.8) is 0 Å². The number of hydrogen-bond acceptors (Lipinski definition) is 3. The molecule has 2 aromatic heterocycles. The number of nitrogens with zero attached hydrogens (tertiary/aromatic N) is 5. The lowest BCUT2D eigenvalue weighted by Gasteiger charge is -2.08. The average Bonchev–Trinajstić information content (AvgIpc) is 2.92. The van der Waals surface area contributed by atoms with Gasteiger partial charge in [0.1, 0.15) is 12.2 Å². The minimum atomic E-state index is 0.479. The molecule has 0 atom stereocenters. The standard InChI is InChI=1S/C13H9Cl2N5/c1-7-17-13-9-4-8(14)2-3-10(9)19-6-16-12(15)11(19)5-20(13)18-7/h2-4,6H,5H2,1H3. The van der Waals surface area contributed by atoms with Gasteiger partial charge in [0, 0.05) is 10.6 Å². The maximum Gasteiger partial charge on any atom is 0.160 e. The minimum Gasteiger partial charge on any atom is -0.299 e. The van der Waals surface area contributed by atoms with Crippen LogP contribution in [0.5, 0.6) is 0 Å². The van der Waals surface area contributed by atoms with Gasteiger partial charge < -0.3 is 0 Å². The number of aryl methyl sites for hydroxylation is 1. The van der Waals surface area contributed by atoms with E-state index in [2.05, 4.69) is 15.1 Å². The Labute approximate surface area is 124 Å². The molecule has 0 saturated heterocycles. The van der Waals surface area contributed by atoms with Gasteiger partial charge in [0.25, 0.3) is 0 Å². The summed E-state index contributed by atoms with van der Waals surface area (Å²) in [7, 11) is 0. The fraction of sp³-hybridized carbons (Fsp3) is 0.154. The molecule has 3 aromatic rings. The highest BCUT2D eigenvalue weighted by atomic mass is 35.5. The Morgan fingerprint density at radius 2 is 2.10 bits per heavy atom. The molecule has 0 N–H and O–H groups in total. The molecule has 0 bridgehead atoms. The van der Waals surface area contributed by atoms with Gasteiger partial charge in [-0.2, -0.15) is 5.10 Å². The van der Waals surface area contributed by atoms with E-state index in [-0.39, 0.29) is 0 Å². The van der Waals surface area contributed by atoms with Crippen LogP contribution in [0.3, 0.4) is 0 Å². The van der Waals surface area contributed by atoms with Crippen LogP contribution in [-0.4, -0.2) is 24.3 Å². The smallest absolute Gasteiger partial charge is 0.160 e. The van der Waals surface area contributed by atoms with E-state index in [1.807, 2.05) is 34.4 Å². The number of benzene rings is 1. The van der Waals surface area contributed by atoms with Crippen molar-refractivity contribution in [1.29, 1.82) is 0 Å². The molecule has 100 valence electrons. The average molecular weight is 306 g/mol. The minimum absolute atomic E-state index is 0.479. The predicted molar refractivity (Wildman–Crippen MR) is 76.4 cm³/mol. The second kappa shape index (κ2) is 4.07. The first-order valence-corrected chi connectivity index (χ1v) is 6.82. The van der Waals surface area contributed by atoms with Gasteiger partial charge in [-0.25, -0.2) is 14.6 Å². The zero-order valence-corrected chi connectivity index (χ0v) is 12.0. The Morgan fingerprint density at radius 1 is 1.25 bits per heavy atom. The molecule has 1 aliphatic rings. The predicted octanol–water partition coefficient (Wildman–Crippen LogP) is 3.11. The van der Waals surface area contributed by atoms with E-state index in [1.165, 1.54) is 0 Å². The van der Waals surface area contributed by atoms with Crippen molar-refractivity contribution in [2.45, 2.75) is 13.5 Å². The van der Waals surface area contributed by atoms with Crippen LogP contribution in [0.25, 0.3) is 17.1 Å². The Hall–Kier alpha value is -1.85. The van der Waals surface area contributed by atoms with Crippen molar-refractivity contribution >= 4 is 23.2 Å². The Kier molecular flexibility index (Phi) is 2.43. The van der Waals surface area contributed by atoms with Crippen molar-refractivity contribution in [2.75, 3.05) is 0 Å². The van der Waals surface area contributed by atoms with Crippen molar-refractivity contribution < 1.29 is 0 Å². The molecule has 5 nitrogen and oxygen atoms in total. The first-order valence-electron chi connectivity index (χ1n) is 6.07. The summed E-state index contributed by atoms with van der Waals surface area (Å²) in [4.78, 5) is 8.68. The monoisotopic (exact) mass is 305 g/mol. The lowest BCUT2D eigenvalue weighted by Crippen LogP contribution is -2.04. The van der Waals surface area contributed by atoms with Gasteiger partial charge in [0.05, 0.1) is 17.9 Å². The number of rotatable bonds is 0. The molecule has 0 aliphatic carbocycles. The maximum absolute atomic E-state index is 6.18. The van der Waals surface area contributed by atoms with Gasteiger partial charge in [-0.1, -0.05) is 23.2 Å². The molecule has 0 fully saturated rings. The molecule has 0 unspecified atom stereocenters. The first kappa shape index (κ1) is 11.9. The Bertz CT molecular complexity index is 833. The summed E-state index contributed by atoms with van der Waals surface area (Å²) in [6.45, 7) is 2.39. The molecule has 4 rings (SSSR count). The topological polar surface area (TPSA) is 48.5 Å². The fourth-order valence-corrected chi connectivity index (χ4v) is 2.87. The quantitative estimate of drug-likeness (QED) is 0.501. The molecule has 20 heavy (non-hydrogen) atoms. The third kappa shape index (κ3) is 1.60. The van der Waals surface area contributed by atoms with Crippen molar-refractivity contribution in [2.24, 2.45) is 0 Å². The van der Waals surface area contributed by atoms with Crippen LogP contribution in [0, 0.1) is 6.92 Å². The van der Waals surface area contributed by atoms with E-state index in [9.17, 15) is 0 Å². The van der Waals surface area contributed by atoms with Crippen LogP contribution in [-0.2, 0) is 6.54 Å². The van der Waals surface area contributed by atoms with Crippen LogP contribution >= 0.6 is 23.2 Å². The largest absolute Gasteiger partial charge is 0.299 e. The summed E-state index contributed by atoms with van der Waals surface area (Å²) in [6.07, 6.45) is 1.71. The Morgan fingerprint density at radius 3 is 2.95 bits per heavy atom. The first-order chi connectivity index (χ1) is 9.63. The highest BCUT2D eigenvalue weighted by Gasteiger charge is 2.23. The van der Waals surface area contributed by atoms with Crippen LogP contribution in [0.15, 0.2) is 24.5 Å². The summed E-state index contributed by atoms with van der Waals surface area (Å²) < 4.78 is 3.79. The normalized spacial score (nSPS) is 12.6. The molecule has 1 aliphatic heterocycles. The lowest BCUT2D eigenvalue weighted by molar-refractivity contribution is 0.671. The van der Waals surface area contributed by atoms with Crippen LogP contribution in [0.2, 0.25) is 10.2 Å². The summed E-state index contributed by atoms with van der Waals surface area (Å²) in [5.41, 5.74) is 2.76. The molecule has 3 heterocycles. The zero-order valence-electron chi connectivity index (χ0n) is 10.5. The zero-order chi connectivity index (χ0) is 13.9. The number of aromatic nitrogens is 5. The van der Waals surface area contributed by atoms with Gasteiger partial charge in [-0.15, -0.1) is 0 Å². The van der Waals surface area contributed by atoms with Crippen LogP contribution in [0.4, 0.5) is 0 Å². The van der Waals surface area contributed by atoms with Gasteiger partial charge in [-0.3, -0.25) is 4.57 Å². The maximum atomic E-state index is 6.18. The fourth-order valence-electron chi connectivity index (χ4n) is 2.51. The van der Waals surface area contributed by atoms with E-state index in [1.54, 1.807) is 6.33 Å². The molecule has 0 radical (unpaired) electrons. The summed E-state index contributed by atoms with van der Waals surface area (Å²) in [5.74, 6) is 1.51. The second-order valence-electron chi connectivity index (χ2n) is 4.65. The van der Waals surface area contributed by atoms with E-state index in [0.717, 1.165) is 28.6 Å².